The Morgan fingerprint density at radius 3 is 1.97 bits per heavy atom. The second kappa shape index (κ2) is 14.5. The molecule has 0 unspecified atom stereocenters. The maximum atomic E-state index is 12.9. The van der Waals surface area contributed by atoms with Crippen LogP contribution in [0.2, 0.25) is 0 Å². The first-order chi connectivity index (χ1) is 16.6. The van der Waals surface area contributed by atoms with Gasteiger partial charge in [-0.2, -0.15) is 5.26 Å². The van der Waals surface area contributed by atoms with Gasteiger partial charge in [0.15, 0.2) is 0 Å². The van der Waals surface area contributed by atoms with Crippen molar-refractivity contribution in [3.8, 4) is 6.07 Å². The molecule has 0 N–H and O–H groups in total. The van der Waals surface area contributed by atoms with Crippen LogP contribution < -0.4 is 0 Å². The number of unbranched alkanes of at least 4 members (excludes halogenated alkanes) is 5. The Bertz CT molecular complexity index is 614. The summed E-state index contributed by atoms with van der Waals surface area (Å²) in [5, 5.41) is 9.70. The van der Waals surface area contributed by atoms with Crippen LogP contribution in [0.25, 0.3) is 0 Å². The van der Waals surface area contributed by atoms with Crippen LogP contribution in [0.15, 0.2) is 0 Å². The number of esters is 1. The van der Waals surface area contributed by atoms with Crippen molar-refractivity contribution in [2.45, 2.75) is 155 Å². The topological polar surface area (TPSA) is 50.1 Å². The number of carbonyl (C=O) groups excluding carboxylic acids is 1. The van der Waals surface area contributed by atoms with Gasteiger partial charge in [0, 0.05) is 0 Å². The predicted molar refractivity (Wildman–Crippen MR) is 140 cm³/mol. The predicted octanol–water partition coefficient (Wildman–Crippen LogP) is 9.15. The normalized spacial score (nSPS) is 34.3. The fourth-order valence-electron chi connectivity index (χ4n) is 7.27. The second-order valence-electron chi connectivity index (χ2n) is 12.2. The molecule has 3 aliphatic rings. The molecule has 3 nitrogen and oxygen atoms in total. The van der Waals surface area contributed by atoms with Crippen LogP contribution in [-0.2, 0) is 9.53 Å². The molecule has 0 atom stereocenters. The van der Waals surface area contributed by atoms with Crippen molar-refractivity contribution in [1.82, 2.24) is 0 Å². The fraction of sp³-hybridized carbons (Fsp3) is 0.935. The molecule has 34 heavy (non-hydrogen) atoms. The zero-order chi connectivity index (χ0) is 24.2. The molecule has 0 spiro atoms. The van der Waals surface area contributed by atoms with Gasteiger partial charge in [-0.3, -0.25) is 4.79 Å². The molecule has 0 aromatic carbocycles. The molecule has 0 heterocycles. The SMILES string of the molecule is CCCCCCCC1CCC(C2CCC(C(=O)OC3CCC(C#N)(CCCC)CC3)CC2)CC1. The molecule has 0 aromatic heterocycles. The average Bonchev–Trinajstić information content (AvgIpc) is 2.89. The Hall–Kier alpha value is -1.04. The molecule has 0 radical (unpaired) electrons. The summed E-state index contributed by atoms with van der Waals surface area (Å²) in [5.41, 5.74) is -0.162. The Balaban J connectivity index is 1.30. The molecule has 194 valence electrons. The van der Waals surface area contributed by atoms with Gasteiger partial charge in [0.05, 0.1) is 17.4 Å². The van der Waals surface area contributed by atoms with Crippen molar-refractivity contribution in [2.75, 3.05) is 0 Å². The lowest BCUT2D eigenvalue weighted by molar-refractivity contribution is -0.158. The molecule has 3 rings (SSSR count). The first kappa shape index (κ1) is 27.5. The lowest BCUT2D eigenvalue weighted by Gasteiger charge is -2.38. The van der Waals surface area contributed by atoms with E-state index in [0.717, 1.165) is 75.5 Å². The summed E-state index contributed by atoms with van der Waals surface area (Å²) >= 11 is 0. The van der Waals surface area contributed by atoms with Gasteiger partial charge in [0.25, 0.3) is 0 Å². The molecule has 0 amide bonds. The highest BCUT2D eigenvalue weighted by atomic mass is 16.5. The Morgan fingerprint density at radius 2 is 1.38 bits per heavy atom. The van der Waals surface area contributed by atoms with Crippen LogP contribution in [0.1, 0.15) is 149 Å². The van der Waals surface area contributed by atoms with E-state index in [-0.39, 0.29) is 23.4 Å². The van der Waals surface area contributed by atoms with Gasteiger partial charge in [-0.15, -0.1) is 0 Å². The van der Waals surface area contributed by atoms with Crippen molar-refractivity contribution in [2.24, 2.45) is 29.1 Å². The van der Waals surface area contributed by atoms with Crippen molar-refractivity contribution in [3.05, 3.63) is 0 Å². The molecule has 0 aromatic rings. The number of ether oxygens (including phenoxy) is 1. The quantitative estimate of drug-likeness (QED) is 0.210. The van der Waals surface area contributed by atoms with Crippen molar-refractivity contribution >= 4 is 5.97 Å². The van der Waals surface area contributed by atoms with Crippen LogP contribution >= 0.6 is 0 Å². The summed E-state index contributed by atoms with van der Waals surface area (Å²) in [5.74, 6) is 2.93. The van der Waals surface area contributed by atoms with E-state index < -0.39 is 0 Å². The number of rotatable bonds is 12. The summed E-state index contributed by atoms with van der Waals surface area (Å²) in [7, 11) is 0. The van der Waals surface area contributed by atoms with E-state index in [0.29, 0.717) is 0 Å². The van der Waals surface area contributed by atoms with Crippen LogP contribution in [0.3, 0.4) is 0 Å². The van der Waals surface area contributed by atoms with Crippen LogP contribution in [-0.4, -0.2) is 12.1 Å². The van der Waals surface area contributed by atoms with Gasteiger partial charge < -0.3 is 4.74 Å². The molecular formula is C31H53NO2. The molecule has 0 bridgehead atoms. The van der Waals surface area contributed by atoms with Gasteiger partial charge in [-0.25, -0.2) is 0 Å². The highest BCUT2D eigenvalue weighted by Crippen LogP contribution is 2.44. The zero-order valence-corrected chi connectivity index (χ0v) is 22.5. The molecule has 3 saturated carbocycles. The van der Waals surface area contributed by atoms with Gasteiger partial charge in [0.1, 0.15) is 6.10 Å². The number of nitrogens with zero attached hydrogens (tertiary/aromatic N) is 1. The minimum Gasteiger partial charge on any atom is -0.462 e. The van der Waals surface area contributed by atoms with Crippen LogP contribution in [0.4, 0.5) is 0 Å². The van der Waals surface area contributed by atoms with Gasteiger partial charge in [-0.1, -0.05) is 78.1 Å². The second-order valence-corrected chi connectivity index (χ2v) is 12.2. The smallest absolute Gasteiger partial charge is 0.309 e. The van der Waals surface area contributed by atoms with Crippen LogP contribution in [0.5, 0.6) is 0 Å². The zero-order valence-electron chi connectivity index (χ0n) is 22.5. The standard InChI is InChI=1S/C31H53NO2/c1-3-5-7-8-9-10-25-11-13-26(14-12-25)27-15-17-28(18-16-27)30(33)34-29-19-22-31(24-32,23-20-29)21-6-4-2/h25-29H,3-23H2,1-2H3. The highest BCUT2D eigenvalue weighted by molar-refractivity contribution is 5.72. The summed E-state index contributed by atoms with van der Waals surface area (Å²) in [4.78, 5) is 12.9. The first-order valence-electron chi connectivity index (χ1n) is 15.2. The van der Waals surface area contributed by atoms with E-state index in [1.807, 2.05) is 0 Å². The van der Waals surface area contributed by atoms with Gasteiger partial charge in [-0.05, 0) is 88.4 Å². The Kier molecular flexibility index (Phi) is 11.7. The Labute approximate surface area is 210 Å². The van der Waals surface area contributed by atoms with Crippen molar-refractivity contribution < 1.29 is 9.53 Å². The number of hydrogen-bond acceptors (Lipinski definition) is 3. The molecule has 3 fully saturated rings. The van der Waals surface area contributed by atoms with Crippen LogP contribution in [0, 0.1) is 40.4 Å². The maximum Gasteiger partial charge on any atom is 0.309 e. The fourth-order valence-corrected chi connectivity index (χ4v) is 7.27. The third-order valence-electron chi connectivity index (χ3n) is 9.80. The van der Waals surface area contributed by atoms with E-state index in [9.17, 15) is 10.1 Å². The van der Waals surface area contributed by atoms with E-state index in [4.69, 9.17) is 4.74 Å². The average molecular weight is 472 g/mol. The van der Waals surface area contributed by atoms with E-state index in [1.165, 1.54) is 77.0 Å². The number of carbonyl (C=O) groups is 1. The molecule has 3 heteroatoms. The van der Waals surface area contributed by atoms with Crippen molar-refractivity contribution in [3.63, 3.8) is 0 Å². The maximum absolute atomic E-state index is 12.9. The first-order valence-corrected chi connectivity index (χ1v) is 15.2. The Morgan fingerprint density at radius 1 is 0.794 bits per heavy atom. The molecule has 3 aliphatic carbocycles. The van der Waals surface area contributed by atoms with Gasteiger partial charge >= 0.3 is 5.97 Å². The monoisotopic (exact) mass is 471 g/mol. The van der Waals surface area contributed by atoms with Crippen molar-refractivity contribution in [1.29, 1.82) is 5.26 Å². The lowest BCUT2D eigenvalue weighted by atomic mass is 9.68. The summed E-state index contributed by atoms with van der Waals surface area (Å²) in [6, 6.07) is 2.60. The van der Waals surface area contributed by atoms with E-state index in [1.54, 1.807) is 0 Å². The molecular weight excluding hydrogens is 418 g/mol. The largest absolute Gasteiger partial charge is 0.462 e. The third kappa shape index (κ3) is 8.27. The number of hydrogen-bond donors (Lipinski definition) is 0. The minimum atomic E-state index is -0.162. The third-order valence-corrected chi connectivity index (χ3v) is 9.80. The van der Waals surface area contributed by atoms with E-state index in [2.05, 4.69) is 19.9 Å². The molecule has 0 saturated heterocycles. The summed E-state index contributed by atoms with van der Waals surface area (Å²) in [6.07, 6.45) is 25.7. The van der Waals surface area contributed by atoms with E-state index >= 15 is 0 Å². The lowest BCUT2D eigenvalue weighted by Crippen LogP contribution is -2.34. The molecule has 0 aliphatic heterocycles. The van der Waals surface area contributed by atoms with Gasteiger partial charge in [0.2, 0.25) is 0 Å². The summed E-state index contributed by atoms with van der Waals surface area (Å²) in [6.45, 7) is 4.48. The minimum absolute atomic E-state index is 0.0468. The highest BCUT2D eigenvalue weighted by Gasteiger charge is 2.38. The summed E-state index contributed by atoms with van der Waals surface area (Å²) < 4.78 is 5.98. The number of nitriles is 1.